The molecule has 1 aromatic rings. The van der Waals surface area contributed by atoms with Crippen molar-refractivity contribution in [1.82, 2.24) is 4.72 Å². The molecular formula is C15H20N2O2S. The van der Waals surface area contributed by atoms with Gasteiger partial charge in [-0.3, -0.25) is 0 Å². The topological polar surface area (TPSA) is 72.2 Å². The minimum absolute atomic E-state index is 0.227. The van der Waals surface area contributed by atoms with Crippen LogP contribution in [-0.4, -0.2) is 20.7 Å². The molecule has 20 heavy (non-hydrogen) atoms. The van der Waals surface area contributed by atoms with Crippen molar-refractivity contribution in [3.05, 3.63) is 35.4 Å². The number of benzene rings is 1. The molecule has 1 aromatic carbocycles. The van der Waals surface area contributed by atoms with Gasteiger partial charge in [-0.2, -0.15) is 0 Å². The van der Waals surface area contributed by atoms with Gasteiger partial charge in [0.15, 0.2) is 0 Å². The molecular weight excluding hydrogens is 272 g/mol. The third-order valence-corrected chi connectivity index (χ3v) is 4.88. The molecule has 0 radical (unpaired) electrons. The Hall–Kier alpha value is -1.35. The second kappa shape index (κ2) is 6.40. The summed E-state index contributed by atoms with van der Waals surface area (Å²) in [5, 5.41) is 0. The van der Waals surface area contributed by atoms with Crippen molar-refractivity contribution in [2.45, 2.75) is 25.8 Å². The lowest BCUT2D eigenvalue weighted by Gasteiger charge is -2.14. The van der Waals surface area contributed by atoms with Crippen LogP contribution >= 0.6 is 0 Å². The van der Waals surface area contributed by atoms with Gasteiger partial charge in [-0.15, -0.1) is 0 Å². The summed E-state index contributed by atoms with van der Waals surface area (Å²) in [6.45, 7) is 2.18. The van der Waals surface area contributed by atoms with E-state index in [-0.39, 0.29) is 11.8 Å². The van der Waals surface area contributed by atoms with E-state index in [9.17, 15) is 8.42 Å². The highest BCUT2D eigenvalue weighted by Crippen LogP contribution is 2.30. The van der Waals surface area contributed by atoms with Crippen LogP contribution in [0.1, 0.15) is 36.9 Å². The maximum absolute atomic E-state index is 11.9. The maximum atomic E-state index is 11.9. The summed E-state index contributed by atoms with van der Waals surface area (Å²) in [4.78, 5) is 0. The van der Waals surface area contributed by atoms with Gasteiger partial charge in [0.25, 0.3) is 0 Å². The molecule has 1 atom stereocenters. The van der Waals surface area contributed by atoms with Crippen LogP contribution in [0.25, 0.3) is 0 Å². The molecule has 0 aliphatic heterocycles. The van der Waals surface area contributed by atoms with Gasteiger partial charge in [0, 0.05) is 11.6 Å². The molecule has 5 heteroatoms. The Labute approximate surface area is 120 Å². The highest BCUT2D eigenvalue weighted by atomic mass is 32.2. The van der Waals surface area contributed by atoms with Gasteiger partial charge in [0.05, 0.1) is 12.3 Å². The van der Waals surface area contributed by atoms with Crippen LogP contribution in [0, 0.1) is 17.8 Å². The van der Waals surface area contributed by atoms with E-state index in [0.717, 1.165) is 24.0 Å². The summed E-state index contributed by atoms with van der Waals surface area (Å²) in [7, 11) is -3.18. The number of hydrogen-bond donors (Lipinski definition) is 2. The quantitative estimate of drug-likeness (QED) is 0.806. The molecule has 108 valence electrons. The number of rotatable bonds is 5. The summed E-state index contributed by atoms with van der Waals surface area (Å²) in [6, 6.07) is 7.32. The zero-order valence-corrected chi connectivity index (χ0v) is 12.4. The van der Waals surface area contributed by atoms with Crippen molar-refractivity contribution in [3.8, 4) is 11.8 Å². The van der Waals surface area contributed by atoms with Gasteiger partial charge < -0.3 is 5.73 Å². The lowest BCUT2D eigenvalue weighted by molar-refractivity contribution is 0.563. The van der Waals surface area contributed by atoms with Crippen LogP contribution in [0.3, 0.4) is 0 Å². The molecule has 0 bridgehead atoms. The number of nitrogens with two attached hydrogens (primary N) is 1. The molecule has 1 unspecified atom stereocenters. The van der Waals surface area contributed by atoms with Crippen molar-refractivity contribution >= 4 is 10.0 Å². The van der Waals surface area contributed by atoms with Gasteiger partial charge in [0.2, 0.25) is 10.0 Å². The Morgan fingerprint density at radius 2 is 2.00 bits per heavy atom. The normalized spacial score (nSPS) is 16.3. The Morgan fingerprint density at radius 1 is 1.35 bits per heavy atom. The predicted molar refractivity (Wildman–Crippen MR) is 80.4 cm³/mol. The summed E-state index contributed by atoms with van der Waals surface area (Å²) in [5.41, 5.74) is 7.13. The van der Waals surface area contributed by atoms with Crippen LogP contribution in [0.2, 0.25) is 0 Å². The van der Waals surface area contributed by atoms with E-state index in [0.29, 0.717) is 12.5 Å². The highest BCUT2D eigenvalue weighted by molar-refractivity contribution is 7.89. The third kappa shape index (κ3) is 4.64. The van der Waals surface area contributed by atoms with Crippen LogP contribution < -0.4 is 10.5 Å². The predicted octanol–water partition coefficient (Wildman–Crippen LogP) is 1.39. The first-order valence-corrected chi connectivity index (χ1v) is 8.44. The smallest absolute Gasteiger partial charge is 0.212 e. The summed E-state index contributed by atoms with van der Waals surface area (Å²) in [6.07, 6.45) is 2.06. The van der Waals surface area contributed by atoms with Crippen molar-refractivity contribution in [2.75, 3.05) is 12.3 Å². The fraction of sp³-hybridized carbons (Fsp3) is 0.467. The van der Waals surface area contributed by atoms with Crippen LogP contribution in [-0.2, 0) is 10.0 Å². The van der Waals surface area contributed by atoms with Crippen molar-refractivity contribution in [2.24, 2.45) is 11.7 Å². The van der Waals surface area contributed by atoms with E-state index in [1.807, 2.05) is 31.2 Å². The van der Waals surface area contributed by atoms with E-state index in [1.165, 1.54) is 0 Å². The summed E-state index contributed by atoms with van der Waals surface area (Å²) >= 11 is 0. The zero-order chi connectivity index (χ0) is 14.6. The second-order valence-corrected chi connectivity index (χ2v) is 6.99. The Morgan fingerprint density at radius 3 is 2.55 bits per heavy atom. The number of nitrogens with one attached hydrogen (secondary N) is 1. The first-order valence-electron chi connectivity index (χ1n) is 6.79. The lowest BCUT2D eigenvalue weighted by atomic mass is 10.1. The molecule has 0 aromatic heterocycles. The van der Waals surface area contributed by atoms with Crippen LogP contribution in [0.4, 0.5) is 0 Å². The fourth-order valence-electron chi connectivity index (χ4n) is 1.99. The van der Waals surface area contributed by atoms with Gasteiger partial charge >= 0.3 is 0 Å². The molecule has 0 heterocycles. The zero-order valence-electron chi connectivity index (χ0n) is 11.6. The van der Waals surface area contributed by atoms with Gasteiger partial charge in [-0.05, 0) is 43.4 Å². The molecule has 1 saturated carbocycles. The van der Waals surface area contributed by atoms with Crippen molar-refractivity contribution in [1.29, 1.82) is 0 Å². The molecule has 4 nitrogen and oxygen atoms in total. The Kier molecular flexibility index (Phi) is 4.81. The Bertz CT molecular complexity index is 608. The summed E-state index contributed by atoms with van der Waals surface area (Å²) in [5.74, 6) is 6.33. The number of hydrogen-bond acceptors (Lipinski definition) is 3. The minimum Gasteiger partial charge on any atom is -0.320 e. The van der Waals surface area contributed by atoms with E-state index in [4.69, 9.17) is 5.73 Å². The molecule has 3 N–H and O–H groups in total. The number of sulfonamides is 1. The first kappa shape index (κ1) is 15.0. The molecule has 1 aliphatic carbocycles. The van der Waals surface area contributed by atoms with E-state index >= 15 is 0 Å². The third-order valence-electron chi connectivity index (χ3n) is 3.25. The van der Waals surface area contributed by atoms with Gasteiger partial charge in [0.1, 0.15) is 0 Å². The van der Waals surface area contributed by atoms with E-state index in [1.54, 1.807) is 0 Å². The largest absolute Gasteiger partial charge is 0.320 e. The first-order chi connectivity index (χ1) is 9.50. The Balaban J connectivity index is 1.99. The van der Waals surface area contributed by atoms with Gasteiger partial charge in [-0.25, -0.2) is 13.1 Å². The van der Waals surface area contributed by atoms with E-state index in [2.05, 4.69) is 16.6 Å². The highest BCUT2D eigenvalue weighted by Gasteiger charge is 2.28. The molecule has 2 rings (SSSR count). The van der Waals surface area contributed by atoms with Crippen LogP contribution in [0.15, 0.2) is 24.3 Å². The molecule has 1 fully saturated rings. The average molecular weight is 292 g/mol. The lowest BCUT2D eigenvalue weighted by Crippen LogP contribution is -2.29. The minimum atomic E-state index is -3.18. The van der Waals surface area contributed by atoms with Crippen LogP contribution in [0.5, 0.6) is 0 Å². The molecule has 0 spiro atoms. The standard InChI is InChI=1S/C15H20N2O2S/c1-12(17-20(18,19)11-14-4-5-14)15-8-6-13(7-9-15)3-2-10-16/h6-9,12,14,17H,4-5,10-11,16H2,1H3. The van der Waals surface area contributed by atoms with Gasteiger partial charge in [-0.1, -0.05) is 24.0 Å². The monoisotopic (exact) mass is 292 g/mol. The van der Waals surface area contributed by atoms with E-state index < -0.39 is 10.0 Å². The fourth-order valence-corrected chi connectivity index (χ4v) is 3.71. The van der Waals surface area contributed by atoms with Crippen molar-refractivity contribution < 1.29 is 8.42 Å². The SMILES string of the molecule is CC(NS(=O)(=O)CC1CC1)c1ccc(C#CCN)cc1. The average Bonchev–Trinajstić information content (AvgIpc) is 3.19. The second-order valence-electron chi connectivity index (χ2n) is 5.19. The molecule has 1 aliphatic rings. The van der Waals surface area contributed by atoms with Crippen molar-refractivity contribution in [3.63, 3.8) is 0 Å². The maximum Gasteiger partial charge on any atom is 0.212 e. The summed E-state index contributed by atoms with van der Waals surface area (Å²) < 4.78 is 26.6. The molecule has 0 amide bonds. The molecule has 0 saturated heterocycles.